The molecule has 0 aromatic rings. The largest absolute Gasteiger partial charge is 0.396 e. The maximum atomic E-state index is 12.3. The van der Waals surface area contributed by atoms with Crippen LogP contribution in [0.1, 0.15) is 46.5 Å². The summed E-state index contributed by atoms with van der Waals surface area (Å²) in [6.45, 7) is 5.74. The van der Waals surface area contributed by atoms with Gasteiger partial charge in [-0.1, -0.05) is 26.8 Å². The summed E-state index contributed by atoms with van der Waals surface area (Å²) in [5.41, 5.74) is 1.38. The minimum Gasteiger partial charge on any atom is -0.396 e. The first kappa shape index (κ1) is 18.8. The van der Waals surface area contributed by atoms with Crippen molar-refractivity contribution in [1.82, 2.24) is 0 Å². The number of aliphatic hydroxyl groups is 4. The maximum absolute atomic E-state index is 12.3. The van der Waals surface area contributed by atoms with Gasteiger partial charge in [0, 0.05) is 24.5 Å². The Hall–Kier alpha value is -1.01. The first-order valence-electron chi connectivity index (χ1n) is 9.26. The Morgan fingerprint density at radius 3 is 2.48 bits per heavy atom. The number of allylic oxidation sites excluding steroid dienone is 2. The third-order valence-electron chi connectivity index (χ3n) is 7.18. The lowest BCUT2D eigenvalue weighted by atomic mass is 9.65. The van der Waals surface area contributed by atoms with Crippen LogP contribution in [-0.2, 0) is 4.79 Å². The highest BCUT2D eigenvalue weighted by Gasteiger charge is 2.57. The van der Waals surface area contributed by atoms with Crippen LogP contribution >= 0.6 is 0 Å². The highest BCUT2D eigenvalue weighted by atomic mass is 16.3. The molecule has 0 aliphatic heterocycles. The number of Topliss-reactive ketones (excluding diaryl/α,β-unsaturated/α-hetero) is 1. The fourth-order valence-corrected chi connectivity index (χ4v) is 5.50. The molecule has 25 heavy (non-hydrogen) atoms. The van der Waals surface area contributed by atoms with Gasteiger partial charge in [-0.05, 0) is 47.2 Å². The van der Waals surface area contributed by atoms with E-state index in [1.54, 1.807) is 0 Å². The molecular formula is C20H30O5. The lowest BCUT2D eigenvalue weighted by Crippen LogP contribution is -2.37. The van der Waals surface area contributed by atoms with Gasteiger partial charge in [0.25, 0.3) is 0 Å². The SMILES string of the molecule is C[C@@H](CO)[C@H]1[C@H](O)[C@@H](O)C2=CC3=C(CO)C(=O)CC[C@@]3(C)CC[C@@]21C. The van der Waals surface area contributed by atoms with E-state index in [4.69, 9.17) is 0 Å². The number of carbonyl (C=O) groups excluding carboxylic acids is 1. The van der Waals surface area contributed by atoms with Crippen molar-refractivity contribution in [2.24, 2.45) is 22.7 Å². The molecule has 3 aliphatic carbocycles. The van der Waals surface area contributed by atoms with Crippen LogP contribution in [0.3, 0.4) is 0 Å². The summed E-state index contributed by atoms with van der Waals surface area (Å²) in [5.74, 6) is -0.401. The molecule has 0 radical (unpaired) electrons. The third kappa shape index (κ3) is 2.64. The Morgan fingerprint density at radius 1 is 1.20 bits per heavy atom. The highest BCUT2D eigenvalue weighted by molar-refractivity contribution is 5.98. The van der Waals surface area contributed by atoms with Gasteiger partial charge in [0.1, 0.15) is 6.10 Å². The molecule has 5 nitrogen and oxygen atoms in total. The summed E-state index contributed by atoms with van der Waals surface area (Å²) in [7, 11) is 0. The van der Waals surface area contributed by atoms with E-state index in [2.05, 4.69) is 13.8 Å². The highest BCUT2D eigenvalue weighted by Crippen LogP contribution is 2.59. The molecule has 0 saturated heterocycles. The van der Waals surface area contributed by atoms with Crippen molar-refractivity contribution >= 4 is 5.78 Å². The molecule has 140 valence electrons. The Bertz CT molecular complexity index is 636. The molecule has 1 saturated carbocycles. The molecule has 3 rings (SSSR count). The molecule has 4 N–H and O–H groups in total. The van der Waals surface area contributed by atoms with Crippen molar-refractivity contribution in [3.63, 3.8) is 0 Å². The number of hydrogen-bond acceptors (Lipinski definition) is 5. The van der Waals surface area contributed by atoms with Crippen molar-refractivity contribution < 1.29 is 25.2 Å². The number of fused-ring (bicyclic) bond motifs is 2. The first-order valence-corrected chi connectivity index (χ1v) is 9.26. The van der Waals surface area contributed by atoms with Crippen molar-refractivity contribution in [3.8, 4) is 0 Å². The first-order chi connectivity index (χ1) is 11.7. The number of aliphatic hydroxyl groups excluding tert-OH is 4. The van der Waals surface area contributed by atoms with E-state index in [1.165, 1.54) is 0 Å². The maximum Gasteiger partial charge on any atom is 0.161 e. The smallest absolute Gasteiger partial charge is 0.161 e. The molecule has 0 spiro atoms. The Kier molecular flexibility index (Phi) is 4.73. The van der Waals surface area contributed by atoms with Crippen LogP contribution in [0, 0.1) is 22.7 Å². The van der Waals surface area contributed by atoms with Gasteiger partial charge in [0.05, 0.1) is 12.7 Å². The van der Waals surface area contributed by atoms with Crippen LogP contribution in [0.2, 0.25) is 0 Å². The Balaban J connectivity index is 2.18. The zero-order valence-electron chi connectivity index (χ0n) is 15.3. The second-order valence-corrected chi connectivity index (χ2v) is 8.67. The minimum absolute atomic E-state index is 0.0243. The van der Waals surface area contributed by atoms with Crippen LogP contribution in [0.15, 0.2) is 22.8 Å². The average Bonchev–Trinajstić information content (AvgIpc) is 2.69. The number of ketones is 1. The summed E-state index contributed by atoms with van der Waals surface area (Å²) < 4.78 is 0. The third-order valence-corrected chi connectivity index (χ3v) is 7.18. The van der Waals surface area contributed by atoms with E-state index in [0.717, 1.165) is 30.4 Å². The van der Waals surface area contributed by atoms with Gasteiger partial charge in [-0.2, -0.15) is 0 Å². The van der Waals surface area contributed by atoms with Gasteiger partial charge in [-0.25, -0.2) is 0 Å². The van der Waals surface area contributed by atoms with E-state index >= 15 is 0 Å². The normalized spacial score (nSPS) is 42.6. The number of hydrogen-bond donors (Lipinski definition) is 4. The van der Waals surface area contributed by atoms with Crippen LogP contribution in [0.25, 0.3) is 0 Å². The van der Waals surface area contributed by atoms with Gasteiger partial charge in [-0.3, -0.25) is 4.79 Å². The Labute approximate surface area is 149 Å². The lowest BCUT2D eigenvalue weighted by Gasteiger charge is -2.39. The molecule has 0 aromatic heterocycles. The zero-order chi connectivity index (χ0) is 18.6. The monoisotopic (exact) mass is 350 g/mol. The fraction of sp³-hybridized carbons (Fsp3) is 0.750. The van der Waals surface area contributed by atoms with E-state index in [1.807, 2.05) is 13.0 Å². The lowest BCUT2D eigenvalue weighted by molar-refractivity contribution is -0.117. The van der Waals surface area contributed by atoms with Crippen molar-refractivity contribution in [2.75, 3.05) is 13.2 Å². The molecule has 0 bridgehead atoms. The minimum atomic E-state index is -1.00. The summed E-state index contributed by atoms with van der Waals surface area (Å²) >= 11 is 0. The summed E-state index contributed by atoms with van der Waals surface area (Å²) in [5, 5.41) is 40.8. The summed E-state index contributed by atoms with van der Waals surface area (Å²) in [6, 6.07) is 0. The van der Waals surface area contributed by atoms with Crippen molar-refractivity contribution in [1.29, 1.82) is 0 Å². The summed E-state index contributed by atoms with van der Waals surface area (Å²) in [6.07, 6.45) is 2.73. The fourth-order valence-electron chi connectivity index (χ4n) is 5.50. The van der Waals surface area contributed by atoms with Gasteiger partial charge in [0.2, 0.25) is 0 Å². The molecule has 6 atom stereocenters. The van der Waals surface area contributed by atoms with Crippen LogP contribution < -0.4 is 0 Å². The van der Waals surface area contributed by atoms with E-state index in [0.29, 0.717) is 12.0 Å². The quantitative estimate of drug-likeness (QED) is 0.616. The van der Waals surface area contributed by atoms with Crippen LogP contribution in [-0.4, -0.2) is 51.6 Å². The van der Waals surface area contributed by atoms with Gasteiger partial charge in [-0.15, -0.1) is 0 Å². The molecule has 5 heteroatoms. The molecular weight excluding hydrogens is 320 g/mol. The van der Waals surface area contributed by atoms with Gasteiger partial charge < -0.3 is 20.4 Å². The van der Waals surface area contributed by atoms with Crippen molar-refractivity contribution in [2.45, 2.75) is 58.7 Å². The average molecular weight is 350 g/mol. The van der Waals surface area contributed by atoms with E-state index < -0.39 is 17.6 Å². The molecule has 0 amide bonds. The van der Waals surface area contributed by atoms with Gasteiger partial charge in [0.15, 0.2) is 5.78 Å². The summed E-state index contributed by atoms with van der Waals surface area (Å²) in [4.78, 5) is 12.3. The predicted octanol–water partition coefficient (Wildman–Crippen LogP) is 1.35. The zero-order valence-corrected chi connectivity index (χ0v) is 15.3. The van der Waals surface area contributed by atoms with Crippen LogP contribution in [0.5, 0.6) is 0 Å². The van der Waals surface area contributed by atoms with Gasteiger partial charge >= 0.3 is 0 Å². The molecule has 0 aromatic carbocycles. The Morgan fingerprint density at radius 2 is 1.88 bits per heavy atom. The predicted molar refractivity (Wildman–Crippen MR) is 93.6 cm³/mol. The van der Waals surface area contributed by atoms with Crippen molar-refractivity contribution in [3.05, 3.63) is 22.8 Å². The topological polar surface area (TPSA) is 98.0 Å². The second-order valence-electron chi connectivity index (χ2n) is 8.67. The van der Waals surface area contributed by atoms with E-state index in [9.17, 15) is 25.2 Å². The molecule has 3 aliphatic rings. The number of carbonyl (C=O) groups is 1. The molecule has 0 heterocycles. The van der Waals surface area contributed by atoms with E-state index in [-0.39, 0.29) is 36.2 Å². The van der Waals surface area contributed by atoms with Crippen LogP contribution in [0.4, 0.5) is 0 Å². The second kappa shape index (κ2) is 6.31. The molecule has 1 fully saturated rings. The number of rotatable bonds is 3. The molecule has 0 unspecified atom stereocenters. The standard InChI is InChI=1S/C20H30O5/c1-11(9-21)16-18(25)17(24)14-8-13-12(10-22)15(23)4-5-19(13,2)6-7-20(14,16)3/h8,11,16-18,21-22,24-25H,4-7,9-10H2,1-3H3/t11-,16-,17-,18-,19-,20-/m0/s1.